The molecule has 1 atom stereocenters. The third kappa shape index (κ3) is 1.94. The summed E-state index contributed by atoms with van der Waals surface area (Å²) in [5.41, 5.74) is 6.45. The third-order valence-corrected chi connectivity index (χ3v) is 5.05. The van der Waals surface area contributed by atoms with Gasteiger partial charge in [-0.25, -0.2) is 4.98 Å². The standard InChI is InChI=1S/C11H12N6OS2/c12-3-8-13-7(5-19-8)10-16-17-9(6-1-2-18-4-6)14-15-11(17)20-10/h5-6H,1-4,12H2. The highest BCUT2D eigenvalue weighted by molar-refractivity contribution is 7.20. The van der Waals surface area contributed by atoms with Crippen LogP contribution < -0.4 is 5.73 Å². The minimum atomic E-state index is 0.287. The summed E-state index contributed by atoms with van der Waals surface area (Å²) in [5, 5.41) is 16.8. The van der Waals surface area contributed by atoms with Gasteiger partial charge < -0.3 is 10.5 Å². The highest BCUT2D eigenvalue weighted by atomic mass is 32.1. The topological polar surface area (TPSA) is 91.2 Å². The maximum atomic E-state index is 5.59. The first-order valence-electron chi connectivity index (χ1n) is 6.30. The van der Waals surface area contributed by atoms with Crippen molar-refractivity contribution in [1.29, 1.82) is 0 Å². The Morgan fingerprint density at radius 2 is 2.40 bits per heavy atom. The first-order valence-corrected chi connectivity index (χ1v) is 7.99. The zero-order valence-electron chi connectivity index (χ0n) is 10.5. The normalized spacial score (nSPS) is 19.1. The summed E-state index contributed by atoms with van der Waals surface area (Å²) >= 11 is 3.05. The van der Waals surface area contributed by atoms with E-state index in [1.807, 2.05) is 9.90 Å². The van der Waals surface area contributed by atoms with Crippen LogP contribution >= 0.6 is 22.7 Å². The van der Waals surface area contributed by atoms with E-state index in [-0.39, 0.29) is 5.92 Å². The molecule has 7 nitrogen and oxygen atoms in total. The molecule has 0 amide bonds. The summed E-state index contributed by atoms with van der Waals surface area (Å²) in [7, 11) is 0. The van der Waals surface area contributed by atoms with Crippen LogP contribution in [0.2, 0.25) is 0 Å². The van der Waals surface area contributed by atoms with Gasteiger partial charge in [0.15, 0.2) is 10.8 Å². The van der Waals surface area contributed by atoms with Gasteiger partial charge in [0.05, 0.1) is 6.61 Å². The Kier molecular flexibility index (Phi) is 2.99. The van der Waals surface area contributed by atoms with Gasteiger partial charge in [0, 0.05) is 24.4 Å². The van der Waals surface area contributed by atoms with E-state index < -0.39 is 0 Å². The zero-order valence-corrected chi connectivity index (χ0v) is 12.2. The van der Waals surface area contributed by atoms with Gasteiger partial charge in [-0.1, -0.05) is 11.3 Å². The lowest BCUT2D eigenvalue weighted by molar-refractivity contribution is 0.193. The lowest BCUT2D eigenvalue weighted by atomic mass is 10.1. The van der Waals surface area contributed by atoms with Crippen LogP contribution in [-0.4, -0.2) is 38.0 Å². The maximum Gasteiger partial charge on any atom is 0.235 e. The van der Waals surface area contributed by atoms with Crippen LogP contribution in [0, 0.1) is 0 Å². The van der Waals surface area contributed by atoms with Crippen molar-refractivity contribution in [3.05, 3.63) is 16.2 Å². The molecule has 20 heavy (non-hydrogen) atoms. The minimum absolute atomic E-state index is 0.287. The zero-order chi connectivity index (χ0) is 13.5. The van der Waals surface area contributed by atoms with Gasteiger partial charge in [0.25, 0.3) is 0 Å². The molecule has 0 radical (unpaired) electrons. The monoisotopic (exact) mass is 308 g/mol. The number of hydrogen-bond donors (Lipinski definition) is 1. The molecular formula is C11H12N6OS2. The van der Waals surface area contributed by atoms with Crippen molar-refractivity contribution in [2.24, 2.45) is 5.73 Å². The number of thiazole rings is 1. The van der Waals surface area contributed by atoms with E-state index in [0.717, 1.165) is 39.5 Å². The molecule has 3 aromatic heterocycles. The molecule has 1 unspecified atom stereocenters. The Bertz CT molecular complexity index is 741. The van der Waals surface area contributed by atoms with E-state index in [1.54, 1.807) is 11.3 Å². The smallest absolute Gasteiger partial charge is 0.235 e. The molecule has 0 bridgehead atoms. The number of aromatic nitrogens is 5. The fraction of sp³-hybridized carbons (Fsp3) is 0.455. The average molecular weight is 308 g/mol. The van der Waals surface area contributed by atoms with Crippen LogP contribution in [0.15, 0.2) is 5.38 Å². The fourth-order valence-corrected chi connectivity index (χ4v) is 3.77. The van der Waals surface area contributed by atoms with Gasteiger partial charge >= 0.3 is 0 Å². The number of hydrogen-bond acceptors (Lipinski definition) is 8. The number of nitrogens with two attached hydrogens (primary N) is 1. The summed E-state index contributed by atoms with van der Waals surface area (Å²) in [6.07, 6.45) is 0.974. The molecule has 0 aromatic carbocycles. The summed E-state index contributed by atoms with van der Waals surface area (Å²) in [6.45, 7) is 1.93. The van der Waals surface area contributed by atoms with Crippen LogP contribution in [0.4, 0.5) is 0 Å². The second-order valence-corrected chi connectivity index (χ2v) is 6.45. The number of ether oxygens (including phenoxy) is 1. The van der Waals surface area contributed by atoms with Crippen LogP contribution in [0.1, 0.15) is 23.2 Å². The molecule has 1 aliphatic rings. The molecule has 104 valence electrons. The quantitative estimate of drug-likeness (QED) is 0.783. The van der Waals surface area contributed by atoms with E-state index in [2.05, 4.69) is 20.3 Å². The van der Waals surface area contributed by atoms with Crippen molar-refractivity contribution in [3.8, 4) is 10.7 Å². The van der Waals surface area contributed by atoms with Crippen LogP contribution in [0.3, 0.4) is 0 Å². The van der Waals surface area contributed by atoms with E-state index >= 15 is 0 Å². The van der Waals surface area contributed by atoms with Gasteiger partial charge in [-0.05, 0) is 6.42 Å². The molecule has 2 N–H and O–H groups in total. The van der Waals surface area contributed by atoms with Crippen molar-refractivity contribution in [1.82, 2.24) is 24.8 Å². The van der Waals surface area contributed by atoms with Crippen molar-refractivity contribution < 1.29 is 4.74 Å². The lowest BCUT2D eigenvalue weighted by Gasteiger charge is -2.01. The predicted octanol–water partition coefficient (Wildman–Crippen LogP) is 1.27. The molecule has 0 aliphatic carbocycles. The average Bonchev–Trinajstić information content (AvgIpc) is 3.20. The molecule has 1 aliphatic heterocycles. The highest BCUT2D eigenvalue weighted by Gasteiger charge is 2.25. The lowest BCUT2D eigenvalue weighted by Crippen LogP contribution is -2.04. The molecule has 1 saturated heterocycles. The van der Waals surface area contributed by atoms with E-state index in [0.29, 0.717) is 13.2 Å². The molecular weight excluding hydrogens is 296 g/mol. The molecule has 4 heterocycles. The summed E-state index contributed by atoms with van der Waals surface area (Å²) in [5.74, 6) is 1.17. The predicted molar refractivity (Wildman–Crippen MR) is 75.8 cm³/mol. The third-order valence-electron chi connectivity index (χ3n) is 3.26. The Balaban J connectivity index is 1.75. The summed E-state index contributed by atoms with van der Waals surface area (Å²) < 4.78 is 7.23. The van der Waals surface area contributed by atoms with E-state index in [9.17, 15) is 0 Å². The Labute approximate surface area is 122 Å². The Morgan fingerprint density at radius 1 is 1.45 bits per heavy atom. The molecule has 9 heteroatoms. The molecule has 0 saturated carbocycles. The molecule has 0 spiro atoms. The van der Waals surface area contributed by atoms with Crippen molar-refractivity contribution in [2.45, 2.75) is 18.9 Å². The van der Waals surface area contributed by atoms with Crippen LogP contribution in [-0.2, 0) is 11.3 Å². The molecule has 3 aromatic rings. The first kappa shape index (κ1) is 12.3. The van der Waals surface area contributed by atoms with Gasteiger partial charge in [-0.15, -0.1) is 21.5 Å². The molecule has 4 rings (SSSR count). The number of rotatable bonds is 3. The molecule has 1 fully saturated rings. The van der Waals surface area contributed by atoms with Gasteiger partial charge in [0.2, 0.25) is 4.96 Å². The fourth-order valence-electron chi connectivity index (χ4n) is 2.23. The first-order chi connectivity index (χ1) is 9.85. The summed E-state index contributed by atoms with van der Waals surface area (Å²) in [4.78, 5) is 5.25. The minimum Gasteiger partial charge on any atom is -0.381 e. The van der Waals surface area contributed by atoms with Gasteiger partial charge in [-0.2, -0.15) is 9.61 Å². The van der Waals surface area contributed by atoms with E-state index in [4.69, 9.17) is 10.5 Å². The van der Waals surface area contributed by atoms with Crippen LogP contribution in [0.5, 0.6) is 0 Å². The summed E-state index contributed by atoms with van der Waals surface area (Å²) in [6, 6.07) is 0. The largest absolute Gasteiger partial charge is 0.381 e. The van der Waals surface area contributed by atoms with Crippen LogP contribution in [0.25, 0.3) is 15.7 Å². The highest BCUT2D eigenvalue weighted by Crippen LogP contribution is 2.29. The second kappa shape index (κ2) is 4.85. The Hall–Kier alpha value is -1.42. The Morgan fingerprint density at radius 3 is 3.15 bits per heavy atom. The van der Waals surface area contributed by atoms with Crippen molar-refractivity contribution >= 4 is 27.6 Å². The number of nitrogens with zero attached hydrogens (tertiary/aromatic N) is 5. The van der Waals surface area contributed by atoms with Gasteiger partial charge in [0.1, 0.15) is 10.7 Å². The second-order valence-electron chi connectivity index (χ2n) is 4.55. The van der Waals surface area contributed by atoms with E-state index in [1.165, 1.54) is 11.3 Å². The van der Waals surface area contributed by atoms with Gasteiger partial charge in [-0.3, -0.25) is 0 Å². The van der Waals surface area contributed by atoms with Crippen molar-refractivity contribution in [2.75, 3.05) is 13.2 Å². The van der Waals surface area contributed by atoms with Crippen molar-refractivity contribution in [3.63, 3.8) is 0 Å². The maximum absolute atomic E-state index is 5.59. The SMILES string of the molecule is NCc1nc(-c2nn3c(C4CCOC4)nnc3s2)cs1. The number of fused-ring (bicyclic) bond motifs is 1.